The fourth-order valence-electron chi connectivity index (χ4n) is 3.03. The van der Waals surface area contributed by atoms with E-state index in [1.54, 1.807) is 12.1 Å². The van der Waals surface area contributed by atoms with Gasteiger partial charge >= 0.3 is 6.01 Å². The molecule has 0 fully saturated rings. The molecule has 0 saturated heterocycles. The molecule has 1 N–H and O–H groups in total. The van der Waals surface area contributed by atoms with Gasteiger partial charge in [0.25, 0.3) is 0 Å². The highest BCUT2D eigenvalue weighted by atomic mass is 32.2. The van der Waals surface area contributed by atoms with Gasteiger partial charge < -0.3 is 4.42 Å². The van der Waals surface area contributed by atoms with Crippen molar-refractivity contribution in [3.8, 4) is 11.5 Å². The van der Waals surface area contributed by atoms with Crippen molar-refractivity contribution in [2.24, 2.45) is 0 Å². The normalized spacial score (nSPS) is 11.5. The van der Waals surface area contributed by atoms with E-state index in [1.807, 2.05) is 42.5 Å². The number of sulfone groups is 1. The van der Waals surface area contributed by atoms with Gasteiger partial charge in [0.2, 0.25) is 11.8 Å². The number of rotatable bonds is 5. The summed E-state index contributed by atoms with van der Waals surface area (Å²) in [5.74, 6) is -0.169. The molecule has 1 amide bonds. The van der Waals surface area contributed by atoms with Gasteiger partial charge in [0.1, 0.15) is 0 Å². The summed E-state index contributed by atoms with van der Waals surface area (Å²) in [5.41, 5.74) is 1.34. The molecular formula is C21H17N3O4S. The molecule has 0 unspecified atom stereocenters. The van der Waals surface area contributed by atoms with E-state index in [-0.39, 0.29) is 29.1 Å². The number of nitrogens with one attached hydrogen (secondary N) is 1. The van der Waals surface area contributed by atoms with Gasteiger partial charge in [-0.25, -0.2) is 8.42 Å². The van der Waals surface area contributed by atoms with Crippen LogP contribution in [-0.2, 0) is 21.1 Å². The molecule has 4 aromatic rings. The smallest absolute Gasteiger partial charge is 0.322 e. The zero-order valence-electron chi connectivity index (χ0n) is 15.5. The lowest BCUT2D eigenvalue weighted by Gasteiger charge is -2.05. The van der Waals surface area contributed by atoms with E-state index in [2.05, 4.69) is 15.5 Å². The van der Waals surface area contributed by atoms with Crippen molar-refractivity contribution in [1.82, 2.24) is 10.2 Å². The summed E-state index contributed by atoms with van der Waals surface area (Å²) in [6.07, 6.45) is 1.28. The van der Waals surface area contributed by atoms with E-state index < -0.39 is 9.84 Å². The number of anilines is 1. The van der Waals surface area contributed by atoms with E-state index in [0.29, 0.717) is 5.56 Å². The van der Waals surface area contributed by atoms with Crippen molar-refractivity contribution >= 4 is 32.5 Å². The van der Waals surface area contributed by atoms with Crippen molar-refractivity contribution in [3.05, 3.63) is 72.3 Å². The molecular weight excluding hydrogens is 390 g/mol. The molecule has 0 bridgehead atoms. The fraction of sp³-hybridized carbons (Fsp3) is 0.0952. The van der Waals surface area contributed by atoms with Crippen molar-refractivity contribution < 1.29 is 17.6 Å². The molecule has 0 aliphatic heterocycles. The zero-order chi connectivity index (χ0) is 20.4. The predicted molar refractivity (Wildman–Crippen MR) is 109 cm³/mol. The van der Waals surface area contributed by atoms with Gasteiger partial charge in [-0.2, -0.15) is 0 Å². The number of benzene rings is 3. The van der Waals surface area contributed by atoms with Gasteiger partial charge in [-0.05, 0) is 34.5 Å². The Morgan fingerprint density at radius 1 is 1.00 bits per heavy atom. The van der Waals surface area contributed by atoms with Gasteiger partial charge in [-0.3, -0.25) is 10.1 Å². The van der Waals surface area contributed by atoms with Crippen molar-refractivity contribution in [2.75, 3.05) is 11.6 Å². The first-order chi connectivity index (χ1) is 13.9. The highest BCUT2D eigenvalue weighted by Gasteiger charge is 2.15. The number of carbonyl (C=O) groups excluding carboxylic acids is 1. The number of aromatic nitrogens is 2. The molecule has 1 aromatic heterocycles. The quantitative estimate of drug-likeness (QED) is 0.543. The molecule has 0 aliphatic rings. The predicted octanol–water partition coefficient (Wildman–Crippen LogP) is 3.47. The Balaban J connectivity index is 1.51. The van der Waals surface area contributed by atoms with Crippen LogP contribution in [-0.4, -0.2) is 30.8 Å². The van der Waals surface area contributed by atoms with Crippen molar-refractivity contribution in [2.45, 2.75) is 11.3 Å². The van der Waals surface area contributed by atoms with Crippen LogP contribution < -0.4 is 5.32 Å². The van der Waals surface area contributed by atoms with Crippen molar-refractivity contribution in [1.29, 1.82) is 0 Å². The van der Waals surface area contributed by atoms with Crippen molar-refractivity contribution in [3.63, 3.8) is 0 Å². The summed E-state index contributed by atoms with van der Waals surface area (Å²) in [6, 6.07) is 19.8. The first kappa shape index (κ1) is 18.8. The van der Waals surface area contributed by atoms with Gasteiger partial charge in [0.15, 0.2) is 9.84 Å². The van der Waals surface area contributed by atoms with Crippen LogP contribution in [0.25, 0.3) is 22.2 Å². The first-order valence-electron chi connectivity index (χ1n) is 8.81. The van der Waals surface area contributed by atoms with Crippen LogP contribution in [0.3, 0.4) is 0 Å². The summed E-state index contributed by atoms with van der Waals surface area (Å²) >= 11 is 0. The van der Waals surface area contributed by atoms with Crippen LogP contribution in [0.5, 0.6) is 0 Å². The second-order valence-electron chi connectivity index (χ2n) is 6.58. The molecule has 146 valence electrons. The molecule has 4 rings (SSSR count). The average Bonchev–Trinajstić information content (AvgIpc) is 3.16. The van der Waals surface area contributed by atoms with Gasteiger partial charge in [-0.15, -0.1) is 5.10 Å². The third-order valence-corrected chi connectivity index (χ3v) is 5.52. The summed E-state index contributed by atoms with van der Waals surface area (Å²) in [4.78, 5) is 12.6. The second kappa shape index (κ2) is 7.48. The molecule has 29 heavy (non-hydrogen) atoms. The summed E-state index contributed by atoms with van der Waals surface area (Å²) in [7, 11) is -3.36. The third kappa shape index (κ3) is 4.17. The van der Waals surface area contributed by atoms with E-state index in [0.717, 1.165) is 22.6 Å². The maximum absolute atomic E-state index is 12.4. The van der Waals surface area contributed by atoms with E-state index in [4.69, 9.17) is 4.42 Å². The van der Waals surface area contributed by atoms with E-state index in [1.165, 1.54) is 12.1 Å². The zero-order valence-corrected chi connectivity index (χ0v) is 16.3. The van der Waals surface area contributed by atoms with Gasteiger partial charge in [0, 0.05) is 11.8 Å². The lowest BCUT2D eigenvalue weighted by atomic mass is 10.0. The lowest BCUT2D eigenvalue weighted by molar-refractivity contribution is -0.115. The maximum Gasteiger partial charge on any atom is 0.322 e. The molecule has 8 heteroatoms. The largest absolute Gasteiger partial charge is 0.403 e. The van der Waals surface area contributed by atoms with Crippen LogP contribution in [0.15, 0.2) is 76.0 Å². The molecule has 0 radical (unpaired) electrons. The van der Waals surface area contributed by atoms with Crippen LogP contribution in [0.1, 0.15) is 5.56 Å². The Bertz CT molecular complexity index is 1310. The number of carbonyl (C=O) groups is 1. The Morgan fingerprint density at radius 3 is 2.59 bits per heavy atom. The standard InChI is InChI=1S/C21H17N3O4S/c1-29(26,27)17-10-5-9-16(12-17)20-23-24-21(28-20)22-19(25)13-15-8-4-7-14-6-2-3-11-18(14)15/h2-12H,13H2,1H3,(H,22,24,25). The van der Waals surface area contributed by atoms with Crippen LogP contribution in [0.4, 0.5) is 6.01 Å². The van der Waals surface area contributed by atoms with Crippen LogP contribution >= 0.6 is 0 Å². The molecule has 7 nitrogen and oxygen atoms in total. The molecule has 0 atom stereocenters. The maximum atomic E-state index is 12.4. The number of hydrogen-bond donors (Lipinski definition) is 1. The SMILES string of the molecule is CS(=O)(=O)c1cccc(-c2nnc(NC(=O)Cc3cccc4ccccc34)o2)c1. The van der Waals surface area contributed by atoms with Gasteiger partial charge in [-0.1, -0.05) is 53.6 Å². The Hall–Kier alpha value is -3.52. The molecule has 0 aliphatic carbocycles. The molecule has 0 saturated carbocycles. The molecule has 1 heterocycles. The minimum atomic E-state index is -3.36. The van der Waals surface area contributed by atoms with Crippen LogP contribution in [0, 0.1) is 0 Å². The number of fused-ring (bicyclic) bond motifs is 1. The topological polar surface area (TPSA) is 102 Å². The Kier molecular flexibility index (Phi) is 4.85. The average molecular weight is 407 g/mol. The Morgan fingerprint density at radius 2 is 1.76 bits per heavy atom. The highest BCUT2D eigenvalue weighted by molar-refractivity contribution is 7.90. The minimum Gasteiger partial charge on any atom is -0.403 e. The summed E-state index contributed by atoms with van der Waals surface area (Å²) in [6.45, 7) is 0. The number of amides is 1. The first-order valence-corrected chi connectivity index (χ1v) is 10.7. The minimum absolute atomic E-state index is 0.0463. The number of nitrogens with zero attached hydrogens (tertiary/aromatic N) is 2. The second-order valence-corrected chi connectivity index (χ2v) is 8.59. The fourth-order valence-corrected chi connectivity index (χ4v) is 3.70. The molecule has 3 aromatic carbocycles. The summed E-state index contributed by atoms with van der Waals surface area (Å²) in [5, 5.41) is 12.4. The van der Waals surface area contributed by atoms with Crippen LogP contribution in [0.2, 0.25) is 0 Å². The molecule has 0 spiro atoms. The highest BCUT2D eigenvalue weighted by Crippen LogP contribution is 2.23. The Labute approximate surface area is 167 Å². The van der Waals surface area contributed by atoms with E-state index in [9.17, 15) is 13.2 Å². The number of hydrogen-bond acceptors (Lipinski definition) is 6. The summed E-state index contributed by atoms with van der Waals surface area (Å²) < 4.78 is 28.9. The third-order valence-electron chi connectivity index (χ3n) is 4.41. The lowest BCUT2D eigenvalue weighted by Crippen LogP contribution is -2.14. The monoisotopic (exact) mass is 407 g/mol. The van der Waals surface area contributed by atoms with E-state index >= 15 is 0 Å². The van der Waals surface area contributed by atoms with Gasteiger partial charge in [0.05, 0.1) is 11.3 Å².